The van der Waals surface area contributed by atoms with E-state index in [0.717, 1.165) is 32.1 Å². The summed E-state index contributed by atoms with van der Waals surface area (Å²) in [5, 5.41) is 9.37. The molecule has 20 heavy (non-hydrogen) atoms. The van der Waals surface area contributed by atoms with Crippen molar-refractivity contribution in [2.45, 2.75) is 56.6 Å². The van der Waals surface area contributed by atoms with Crippen LogP contribution in [-0.4, -0.2) is 30.4 Å². The van der Waals surface area contributed by atoms with E-state index in [9.17, 15) is 13.5 Å². The number of benzene rings is 1. The number of hydrogen-bond acceptors (Lipinski definition) is 3. The van der Waals surface area contributed by atoms with Crippen LogP contribution in [0.5, 0.6) is 0 Å². The third-order valence-electron chi connectivity index (χ3n) is 3.92. The first kappa shape index (κ1) is 15.5. The van der Waals surface area contributed by atoms with E-state index in [1.54, 1.807) is 28.6 Å². The molecule has 0 bridgehead atoms. The molecule has 0 saturated carbocycles. The zero-order valence-electron chi connectivity index (χ0n) is 12.0. The highest BCUT2D eigenvalue weighted by Gasteiger charge is 2.33. The lowest BCUT2D eigenvalue weighted by Gasteiger charge is -2.35. The summed E-state index contributed by atoms with van der Waals surface area (Å²) in [6.45, 7) is 2.43. The molecule has 4 nitrogen and oxygen atoms in total. The van der Waals surface area contributed by atoms with Gasteiger partial charge in [0.1, 0.15) is 0 Å². The molecule has 1 unspecified atom stereocenters. The smallest absolute Gasteiger partial charge is 0.243 e. The van der Waals surface area contributed by atoms with Gasteiger partial charge in [0.25, 0.3) is 0 Å². The highest BCUT2D eigenvalue weighted by molar-refractivity contribution is 7.89. The molecule has 1 aromatic rings. The Morgan fingerprint density at radius 3 is 2.75 bits per heavy atom. The van der Waals surface area contributed by atoms with Crippen molar-refractivity contribution >= 4 is 10.0 Å². The van der Waals surface area contributed by atoms with Crippen LogP contribution in [0.1, 0.15) is 44.6 Å². The summed E-state index contributed by atoms with van der Waals surface area (Å²) in [6.07, 6.45) is 4.84. The van der Waals surface area contributed by atoms with Gasteiger partial charge in [0, 0.05) is 12.6 Å². The molecular weight excluding hydrogens is 274 g/mol. The summed E-state index contributed by atoms with van der Waals surface area (Å²) in [5.74, 6) is 0. The molecule has 1 heterocycles. The second-order valence-corrected chi connectivity index (χ2v) is 7.18. The van der Waals surface area contributed by atoms with E-state index in [0.29, 0.717) is 12.1 Å². The van der Waals surface area contributed by atoms with Crippen LogP contribution in [0.25, 0.3) is 0 Å². The fraction of sp³-hybridized carbons (Fsp3) is 0.600. The van der Waals surface area contributed by atoms with E-state index in [4.69, 9.17) is 0 Å². The Balaban J connectivity index is 2.37. The molecule has 0 aliphatic carbocycles. The monoisotopic (exact) mass is 297 g/mol. The van der Waals surface area contributed by atoms with Crippen LogP contribution in [0.2, 0.25) is 0 Å². The maximum absolute atomic E-state index is 12.9. The van der Waals surface area contributed by atoms with Crippen LogP contribution in [0, 0.1) is 0 Å². The minimum atomic E-state index is -3.50. The second kappa shape index (κ2) is 6.70. The van der Waals surface area contributed by atoms with Crippen LogP contribution in [0.4, 0.5) is 0 Å². The van der Waals surface area contributed by atoms with Gasteiger partial charge in [0.05, 0.1) is 11.5 Å². The number of nitrogens with zero attached hydrogens (tertiary/aromatic N) is 1. The highest BCUT2D eigenvalue weighted by atomic mass is 32.2. The van der Waals surface area contributed by atoms with Gasteiger partial charge in [-0.05, 0) is 30.9 Å². The van der Waals surface area contributed by atoms with Gasteiger partial charge in [-0.1, -0.05) is 38.0 Å². The van der Waals surface area contributed by atoms with Crippen molar-refractivity contribution in [3.8, 4) is 0 Å². The van der Waals surface area contributed by atoms with E-state index < -0.39 is 10.0 Å². The minimum absolute atomic E-state index is 0.102. The Labute approximate surface area is 121 Å². The summed E-state index contributed by atoms with van der Waals surface area (Å²) in [7, 11) is -3.50. The normalized spacial score (nSPS) is 21.0. The molecule has 112 valence electrons. The van der Waals surface area contributed by atoms with Gasteiger partial charge in [0.2, 0.25) is 10.0 Å². The molecule has 1 aliphatic heterocycles. The van der Waals surface area contributed by atoms with E-state index in [1.807, 2.05) is 0 Å². The first-order valence-corrected chi connectivity index (χ1v) is 8.76. The van der Waals surface area contributed by atoms with Crippen LogP contribution in [0.3, 0.4) is 0 Å². The minimum Gasteiger partial charge on any atom is -0.392 e. The average molecular weight is 297 g/mol. The average Bonchev–Trinajstić information content (AvgIpc) is 2.48. The number of piperidine rings is 1. The van der Waals surface area contributed by atoms with Gasteiger partial charge < -0.3 is 5.11 Å². The van der Waals surface area contributed by atoms with Crippen molar-refractivity contribution in [1.82, 2.24) is 4.31 Å². The molecule has 1 saturated heterocycles. The van der Waals surface area contributed by atoms with Gasteiger partial charge in [-0.2, -0.15) is 4.31 Å². The Kier molecular flexibility index (Phi) is 5.18. The van der Waals surface area contributed by atoms with Crippen LogP contribution >= 0.6 is 0 Å². The van der Waals surface area contributed by atoms with Crippen molar-refractivity contribution in [2.75, 3.05) is 6.54 Å². The first-order valence-electron chi connectivity index (χ1n) is 7.32. The van der Waals surface area contributed by atoms with Crippen molar-refractivity contribution in [3.63, 3.8) is 0 Å². The number of hydrogen-bond donors (Lipinski definition) is 1. The van der Waals surface area contributed by atoms with Crippen LogP contribution in [-0.2, 0) is 16.6 Å². The number of aliphatic hydroxyl groups excluding tert-OH is 1. The maximum atomic E-state index is 12.9. The summed E-state index contributed by atoms with van der Waals surface area (Å²) < 4.78 is 27.4. The molecule has 0 amide bonds. The van der Waals surface area contributed by atoms with Crippen LogP contribution < -0.4 is 0 Å². The Morgan fingerprint density at radius 2 is 2.05 bits per heavy atom. The fourth-order valence-corrected chi connectivity index (χ4v) is 4.86. The molecule has 2 rings (SSSR count). The predicted octanol–water partition coefficient (Wildman–Crippen LogP) is 2.52. The zero-order chi connectivity index (χ0) is 14.6. The number of aliphatic hydroxyl groups is 1. The third kappa shape index (κ3) is 3.05. The van der Waals surface area contributed by atoms with Gasteiger partial charge in [-0.15, -0.1) is 0 Å². The largest absolute Gasteiger partial charge is 0.392 e. The van der Waals surface area contributed by atoms with Crippen molar-refractivity contribution in [2.24, 2.45) is 0 Å². The SMILES string of the molecule is CCCC1CCCCN1S(=O)(=O)c1ccccc1CO. The molecule has 1 atom stereocenters. The zero-order valence-corrected chi connectivity index (χ0v) is 12.8. The Bertz CT molecular complexity index is 540. The first-order chi connectivity index (χ1) is 9.61. The standard InChI is InChI=1S/C15H23NO3S/c1-2-7-14-9-5-6-11-16(14)20(18,19)15-10-4-3-8-13(15)12-17/h3-4,8,10,14,17H,2,5-7,9,11-12H2,1H3. The number of rotatable bonds is 5. The lowest BCUT2D eigenvalue weighted by Crippen LogP contribution is -2.43. The van der Waals surface area contributed by atoms with Crippen LogP contribution in [0.15, 0.2) is 29.2 Å². The van der Waals surface area contributed by atoms with Crippen molar-refractivity contribution < 1.29 is 13.5 Å². The molecule has 0 aromatic heterocycles. The Hall–Kier alpha value is -0.910. The van der Waals surface area contributed by atoms with Crippen molar-refractivity contribution in [1.29, 1.82) is 0 Å². The van der Waals surface area contributed by atoms with Gasteiger partial charge in [-0.25, -0.2) is 8.42 Å². The van der Waals surface area contributed by atoms with E-state index in [2.05, 4.69) is 6.92 Å². The van der Waals surface area contributed by atoms with E-state index in [1.165, 1.54) is 0 Å². The summed E-state index contributed by atoms with van der Waals surface area (Å²) >= 11 is 0. The highest BCUT2D eigenvalue weighted by Crippen LogP contribution is 2.29. The molecule has 5 heteroatoms. The summed E-state index contributed by atoms with van der Waals surface area (Å²) in [6, 6.07) is 6.84. The van der Waals surface area contributed by atoms with E-state index >= 15 is 0 Å². The van der Waals surface area contributed by atoms with Crippen molar-refractivity contribution in [3.05, 3.63) is 29.8 Å². The fourth-order valence-electron chi connectivity index (χ4n) is 2.92. The predicted molar refractivity (Wildman–Crippen MR) is 78.8 cm³/mol. The summed E-state index contributed by atoms with van der Waals surface area (Å²) in [5.41, 5.74) is 0.480. The lowest BCUT2D eigenvalue weighted by atomic mass is 10.0. The Morgan fingerprint density at radius 1 is 1.30 bits per heavy atom. The van der Waals surface area contributed by atoms with Gasteiger partial charge >= 0.3 is 0 Å². The molecule has 1 N–H and O–H groups in total. The van der Waals surface area contributed by atoms with Gasteiger partial charge in [-0.3, -0.25) is 0 Å². The quantitative estimate of drug-likeness (QED) is 0.908. The third-order valence-corrected chi connectivity index (χ3v) is 5.98. The molecule has 0 radical (unpaired) electrons. The lowest BCUT2D eigenvalue weighted by molar-refractivity contribution is 0.238. The van der Waals surface area contributed by atoms with Gasteiger partial charge in [0.15, 0.2) is 0 Å². The maximum Gasteiger partial charge on any atom is 0.243 e. The number of sulfonamides is 1. The molecule has 1 fully saturated rings. The summed E-state index contributed by atoms with van der Waals surface area (Å²) in [4.78, 5) is 0.255. The topological polar surface area (TPSA) is 57.6 Å². The molecule has 0 spiro atoms. The van der Waals surface area contributed by atoms with E-state index in [-0.39, 0.29) is 17.5 Å². The molecule has 1 aliphatic rings. The second-order valence-electron chi connectivity index (χ2n) is 5.32. The molecular formula is C15H23NO3S. The molecule has 1 aromatic carbocycles.